The molecule has 0 saturated carbocycles. The molecule has 1 heterocycles. The standard InChI is InChI=1S/C24H25NO5/c1-14(2)13-25-23(27)16(4)29-24(28)19-12-8-11-18-20(26)15(3)21(30-22(18)19)17-9-6-5-7-10-17/h5-12,14,16H,13H2,1-4H3,(H,25,27)/t16-/m1/s1. The van der Waals surface area contributed by atoms with Gasteiger partial charge in [0.15, 0.2) is 17.1 Å². The maximum Gasteiger partial charge on any atom is 0.342 e. The van der Waals surface area contributed by atoms with E-state index in [1.54, 1.807) is 19.1 Å². The highest BCUT2D eigenvalue weighted by Gasteiger charge is 2.23. The van der Waals surface area contributed by atoms with Gasteiger partial charge in [-0.2, -0.15) is 0 Å². The van der Waals surface area contributed by atoms with Crippen LogP contribution in [0.15, 0.2) is 57.7 Å². The summed E-state index contributed by atoms with van der Waals surface area (Å²) in [5.74, 6) is -0.418. The molecule has 0 radical (unpaired) electrons. The lowest BCUT2D eigenvalue weighted by molar-refractivity contribution is -0.129. The molecule has 0 spiro atoms. The van der Waals surface area contributed by atoms with Crippen LogP contribution in [-0.2, 0) is 9.53 Å². The zero-order valence-electron chi connectivity index (χ0n) is 17.5. The lowest BCUT2D eigenvalue weighted by atomic mass is 10.0. The van der Waals surface area contributed by atoms with Gasteiger partial charge in [0.2, 0.25) is 0 Å². The van der Waals surface area contributed by atoms with E-state index in [-0.39, 0.29) is 28.4 Å². The summed E-state index contributed by atoms with van der Waals surface area (Å²) in [6, 6.07) is 14.0. The molecule has 2 aromatic carbocycles. The second kappa shape index (κ2) is 8.95. The average molecular weight is 407 g/mol. The first-order chi connectivity index (χ1) is 14.3. The molecular weight excluding hydrogens is 382 g/mol. The lowest BCUT2D eigenvalue weighted by Gasteiger charge is -2.15. The molecule has 0 bridgehead atoms. The van der Waals surface area contributed by atoms with Crippen molar-refractivity contribution >= 4 is 22.8 Å². The fourth-order valence-electron chi connectivity index (χ4n) is 3.06. The van der Waals surface area contributed by atoms with Gasteiger partial charge in [-0.1, -0.05) is 50.2 Å². The predicted octanol–water partition coefficient (Wildman–Crippen LogP) is 4.09. The molecule has 0 aliphatic heterocycles. The number of hydrogen-bond acceptors (Lipinski definition) is 5. The van der Waals surface area contributed by atoms with E-state index in [1.165, 1.54) is 13.0 Å². The Morgan fingerprint density at radius 3 is 2.40 bits per heavy atom. The van der Waals surface area contributed by atoms with Crippen LogP contribution >= 0.6 is 0 Å². The van der Waals surface area contributed by atoms with Crippen molar-refractivity contribution in [3.05, 3.63) is 69.9 Å². The van der Waals surface area contributed by atoms with E-state index in [0.29, 0.717) is 23.3 Å². The summed E-state index contributed by atoms with van der Waals surface area (Å²) in [5, 5.41) is 3.02. The first-order valence-corrected chi connectivity index (χ1v) is 9.90. The smallest absolute Gasteiger partial charge is 0.342 e. The number of nitrogens with one attached hydrogen (secondary N) is 1. The summed E-state index contributed by atoms with van der Waals surface area (Å²) in [5.41, 5.74) is 1.23. The Kier molecular flexibility index (Phi) is 6.35. The molecule has 1 atom stereocenters. The van der Waals surface area contributed by atoms with Crippen LogP contribution in [0.5, 0.6) is 0 Å². The van der Waals surface area contributed by atoms with E-state index in [1.807, 2.05) is 44.2 Å². The van der Waals surface area contributed by atoms with E-state index in [0.717, 1.165) is 5.56 Å². The molecule has 0 unspecified atom stereocenters. The molecule has 0 fully saturated rings. The predicted molar refractivity (Wildman–Crippen MR) is 115 cm³/mol. The third-order valence-corrected chi connectivity index (χ3v) is 4.74. The van der Waals surface area contributed by atoms with E-state index < -0.39 is 12.1 Å². The van der Waals surface area contributed by atoms with Crippen molar-refractivity contribution in [2.45, 2.75) is 33.8 Å². The Hall–Kier alpha value is -3.41. The minimum absolute atomic E-state index is 0.102. The molecule has 0 aliphatic carbocycles. The second-order valence-electron chi connectivity index (χ2n) is 7.62. The maximum atomic E-state index is 12.9. The van der Waals surface area contributed by atoms with Crippen LogP contribution in [-0.4, -0.2) is 24.5 Å². The SMILES string of the molecule is Cc1c(-c2ccccc2)oc2c(C(=O)O[C@H](C)C(=O)NCC(C)C)cccc2c1=O. The molecular formula is C24H25NO5. The first-order valence-electron chi connectivity index (χ1n) is 9.90. The van der Waals surface area contributed by atoms with Crippen LogP contribution in [0.25, 0.3) is 22.3 Å². The molecule has 3 rings (SSSR count). The minimum atomic E-state index is -0.975. The molecule has 6 nitrogen and oxygen atoms in total. The van der Waals surface area contributed by atoms with Crippen molar-refractivity contribution < 1.29 is 18.7 Å². The quantitative estimate of drug-likeness (QED) is 0.622. The fourth-order valence-corrected chi connectivity index (χ4v) is 3.06. The third kappa shape index (κ3) is 4.43. The van der Waals surface area contributed by atoms with E-state index >= 15 is 0 Å². The summed E-state index contributed by atoms with van der Waals surface area (Å²) in [4.78, 5) is 37.8. The van der Waals surface area contributed by atoms with Crippen LogP contribution in [0.3, 0.4) is 0 Å². The van der Waals surface area contributed by atoms with Crippen LogP contribution < -0.4 is 10.7 Å². The normalized spacial score (nSPS) is 12.0. The van der Waals surface area contributed by atoms with E-state index in [4.69, 9.17) is 9.15 Å². The number of ether oxygens (including phenoxy) is 1. The number of para-hydroxylation sites is 1. The van der Waals surface area contributed by atoms with Crippen molar-refractivity contribution in [3.8, 4) is 11.3 Å². The van der Waals surface area contributed by atoms with Crippen molar-refractivity contribution in [1.29, 1.82) is 0 Å². The number of esters is 1. The number of carbonyl (C=O) groups excluding carboxylic acids is 2. The highest BCUT2D eigenvalue weighted by atomic mass is 16.5. The van der Waals surface area contributed by atoms with Crippen LogP contribution in [0.2, 0.25) is 0 Å². The van der Waals surface area contributed by atoms with E-state index in [9.17, 15) is 14.4 Å². The first kappa shape index (κ1) is 21.3. The number of hydrogen-bond donors (Lipinski definition) is 1. The van der Waals surface area contributed by atoms with Gasteiger partial charge in [-0.25, -0.2) is 4.79 Å². The highest BCUT2D eigenvalue weighted by molar-refractivity contribution is 6.03. The van der Waals surface area contributed by atoms with Crippen molar-refractivity contribution in [3.63, 3.8) is 0 Å². The van der Waals surface area contributed by atoms with Crippen LogP contribution in [0, 0.1) is 12.8 Å². The summed E-state index contributed by atoms with van der Waals surface area (Å²) in [7, 11) is 0. The Balaban J connectivity index is 1.98. The van der Waals surface area contributed by atoms with Crippen LogP contribution in [0.1, 0.15) is 36.7 Å². The number of amides is 1. The molecule has 3 aromatic rings. The van der Waals surface area contributed by atoms with Crippen LogP contribution in [0.4, 0.5) is 0 Å². The molecule has 30 heavy (non-hydrogen) atoms. The number of rotatable bonds is 6. The number of carbonyl (C=O) groups is 2. The molecule has 1 aromatic heterocycles. The third-order valence-electron chi connectivity index (χ3n) is 4.74. The zero-order chi connectivity index (χ0) is 21.8. The lowest BCUT2D eigenvalue weighted by Crippen LogP contribution is -2.37. The Morgan fingerprint density at radius 1 is 1.03 bits per heavy atom. The van der Waals surface area contributed by atoms with Gasteiger partial charge >= 0.3 is 5.97 Å². The fraction of sp³-hybridized carbons (Fsp3) is 0.292. The minimum Gasteiger partial charge on any atom is -0.455 e. The molecule has 156 valence electrons. The van der Waals surface area contributed by atoms with Crippen molar-refractivity contribution in [1.82, 2.24) is 5.32 Å². The van der Waals surface area contributed by atoms with Gasteiger partial charge < -0.3 is 14.5 Å². The zero-order valence-corrected chi connectivity index (χ0v) is 17.5. The second-order valence-corrected chi connectivity index (χ2v) is 7.62. The summed E-state index contributed by atoms with van der Waals surface area (Å²) in [6.45, 7) is 7.64. The van der Waals surface area contributed by atoms with Crippen molar-refractivity contribution in [2.24, 2.45) is 5.92 Å². The summed E-state index contributed by atoms with van der Waals surface area (Å²) < 4.78 is 11.4. The van der Waals surface area contributed by atoms with Gasteiger partial charge in [0.1, 0.15) is 11.3 Å². The maximum absolute atomic E-state index is 12.9. The number of fused-ring (bicyclic) bond motifs is 1. The van der Waals surface area contributed by atoms with Gasteiger partial charge in [-0.3, -0.25) is 9.59 Å². The van der Waals surface area contributed by atoms with Gasteiger partial charge in [-0.15, -0.1) is 0 Å². The summed E-state index contributed by atoms with van der Waals surface area (Å²) >= 11 is 0. The van der Waals surface area contributed by atoms with Gasteiger partial charge in [0.05, 0.1) is 5.39 Å². The molecule has 0 aliphatic rings. The monoisotopic (exact) mass is 407 g/mol. The average Bonchev–Trinajstić information content (AvgIpc) is 2.74. The van der Waals surface area contributed by atoms with Crippen molar-refractivity contribution in [2.75, 3.05) is 6.54 Å². The topological polar surface area (TPSA) is 85.6 Å². The van der Waals surface area contributed by atoms with Gasteiger partial charge in [-0.05, 0) is 31.9 Å². The Bertz CT molecular complexity index is 1130. The Morgan fingerprint density at radius 2 is 1.73 bits per heavy atom. The number of benzene rings is 2. The molecule has 1 N–H and O–H groups in total. The van der Waals surface area contributed by atoms with E-state index in [2.05, 4.69) is 5.32 Å². The van der Waals surface area contributed by atoms with Gasteiger partial charge in [0, 0.05) is 17.7 Å². The molecule has 0 saturated heterocycles. The largest absolute Gasteiger partial charge is 0.455 e. The summed E-state index contributed by atoms with van der Waals surface area (Å²) in [6.07, 6.45) is -0.975. The van der Waals surface area contributed by atoms with Gasteiger partial charge in [0.25, 0.3) is 5.91 Å². The highest BCUT2D eigenvalue weighted by Crippen LogP contribution is 2.27. The molecule has 1 amide bonds. The Labute approximate surface area is 174 Å². The molecule has 6 heteroatoms.